The van der Waals surface area contributed by atoms with Crippen LogP contribution in [0.1, 0.15) is 34.7 Å². The van der Waals surface area contributed by atoms with Crippen molar-refractivity contribution in [1.82, 2.24) is 0 Å². The summed E-state index contributed by atoms with van der Waals surface area (Å²) in [6, 6.07) is 14.4. The quantitative estimate of drug-likeness (QED) is 0.630. The van der Waals surface area contributed by atoms with Gasteiger partial charge in [-0.1, -0.05) is 41.9 Å². The SMILES string of the molecule is O=C1c2ccccc2[C@@H](C=NC2CC2)C(=O)N1c1ccccc1Cl. The zero-order valence-corrected chi connectivity index (χ0v) is 13.6. The standard InChI is InChI=1S/C19H15ClN2O2/c20-16-7-3-4-8-17(16)22-18(23)14-6-2-1-5-13(14)15(19(22)24)11-21-12-9-10-12/h1-8,11-12,15H,9-10H2/t15-/m1/s1. The number of carbonyl (C=O) groups is 2. The van der Waals surface area contributed by atoms with Crippen molar-refractivity contribution in [3.8, 4) is 0 Å². The van der Waals surface area contributed by atoms with Crippen LogP contribution in [-0.4, -0.2) is 24.1 Å². The molecule has 2 aromatic rings. The lowest BCUT2D eigenvalue weighted by molar-refractivity contribution is -0.118. The van der Waals surface area contributed by atoms with E-state index in [0.717, 1.165) is 12.8 Å². The van der Waals surface area contributed by atoms with Gasteiger partial charge in [0.2, 0.25) is 5.91 Å². The third-order valence-corrected chi connectivity index (χ3v) is 4.62. The molecule has 2 aliphatic rings. The number of fused-ring (bicyclic) bond motifs is 1. The van der Waals surface area contributed by atoms with Crippen molar-refractivity contribution in [3.05, 3.63) is 64.7 Å². The molecule has 0 unspecified atom stereocenters. The minimum Gasteiger partial charge on any atom is -0.293 e. The monoisotopic (exact) mass is 338 g/mol. The van der Waals surface area contributed by atoms with Gasteiger partial charge >= 0.3 is 0 Å². The van der Waals surface area contributed by atoms with Crippen LogP contribution in [0.15, 0.2) is 53.5 Å². The Labute approximate surface area is 144 Å². The van der Waals surface area contributed by atoms with Crippen LogP contribution in [0, 0.1) is 0 Å². The highest BCUT2D eigenvalue weighted by molar-refractivity contribution is 6.37. The number of amides is 2. The molecule has 0 spiro atoms. The topological polar surface area (TPSA) is 49.7 Å². The Kier molecular flexibility index (Phi) is 3.69. The second-order valence-corrected chi connectivity index (χ2v) is 6.43. The lowest BCUT2D eigenvalue weighted by Crippen LogP contribution is -2.45. The van der Waals surface area contributed by atoms with E-state index < -0.39 is 5.92 Å². The maximum Gasteiger partial charge on any atom is 0.265 e. The molecule has 1 fully saturated rings. The number of benzene rings is 2. The number of hydrogen-bond donors (Lipinski definition) is 0. The van der Waals surface area contributed by atoms with E-state index in [9.17, 15) is 9.59 Å². The van der Waals surface area contributed by atoms with Crippen molar-refractivity contribution in [1.29, 1.82) is 0 Å². The molecule has 24 heavy (non-hydrogen) atoms. The van der Waals surface area contributed by atoms with Gasteiger partial charge in [-0.25, -0.2) is 4.90 Å². The third kappa shape index (κ3) is 2.53. The Morgan fingerprint density at radius 1 is 1.04 bits per heavy atom. The first-order valence-corrected chi connectivity index (χ1v) is 8.29. The van der Waals surface area contributed by atoms with E-state index in [1.165, 1.54) is 4.90 Å². The Balaban J connectivity index is 1.83. The fraction of sp³-hybridized carbons (Fsp3) is 0.211. The maximum atomic E-state index is 13.0. The van der Waals surface area contributed by atoms with E-state index in [2.05, 4.69) is 4.99 Å². The number of hydrogen-bond acceptors (Lipinski definition) is 3. The molecule has 0 bridgehead atoms. The average molecular weight is 339 g/mol. The fourth-order valence-electron chi connectivity index (χ4n) is 2.89. The van der Waals surface area contributed by atoms with Gasteiger partial charge in [0.05, 0.1) is 16.6 Å². The molecule has 0 N–H and O–H groups in total. The van der Waals surface area contributed by atoms with Crippen LogP contribution in [0.3, 0.4) is 0 Å². The summed E-state index contributed by atoms with van der Waals surface area (Å²) in [5.41, 5.74) is 1.64. The zero-order chi connectivity index (χ0) is 16.7. The first-order chi connectivity index (χ1) is 11.7. The summed E-state index contributed by atoms with van der Waals surface area (Å²) < 4.78 is 0. The largest absolute Gasteiger partial charge is 0.293 e. The second-order valence-electron chi connectivity index (χ2n) is 6.02. The van der Waals surface area contributed by atoms with E-state index in [0.29, 0.717) is 27.9 Å². The first-order valence-electron chi connectivity index (χ1n) is 7.92. The molecule has 1 aliphatic carbocycles. The van der Waals surface area contributed by atoms with E-state index in [4.69, 9.17) is 11.6 Å². The number of para-hydroxylation sites is 1. The molecule has 0 saturated heterocycles. The molecule has 0 aromatic heterocycles. The van der Waals surface area contributed by atoms with Crippen molar-refractivity contribution in [2.45, 2.75) is 24.8 Å². The van der Waals surface area contributed by atoms with Crippen LogP contribution in [0.2, 0.25) is 5.02 Å². The van der Waals surface area contributed by atoms with Gasteiger partial charge in [0.1, 0.15) is 0 Å². The molecule has 120 valence electrons. The summed E-state index contributed by atoms with van der Waals surface area (Å²) in [7, 11) is 0. The lowest BCUT2D eigenvalue weighted by atomic mass is 9.89. The number of imide groups is 1. The fourth-order valence-corrected chi connectivity index (χ4v) is 3.11. The van der Waals surface area contributed by atoms with Crippen molar-refractivity contribution >= 4 is 35.3 Å². The molecule has 1 saturated carbocycles. The van der Waals surface area contributed by atoms with Crippen LogP contribution >= 0.6 is 11.6 Å². The molecule has 1 aliphatic heterocycles. The summed E-state index contributed by atoms with van der Waals surface area (Å²) in [6.45, 7) is 0. The van der Waals surface area contributed by atoms with E-state index in [-0.39, 0.29) is 11.8 Å². The van der Waals surface area contributed by atoms with Gasteiger partial charge in [-0.05, 0) is 36.6 Å². The summed E-state index contributed by atoms with van der Waals surface area (Å²) in [5.74, 6) is -1.22. The van der Waals surface area contributed by atoms with Crippen molar-refractivity contribution < 1.29 is 9.59 Å². The van der Waals surface area contributed by atoms with Crippen molar-refractivity contribution in [2.24, 2.45) is 4.99 Å². The summed E-state index contributed by atoms with van der Waals surface area (Å²) >= 11 is 6.22. The first kappa shape index (κ1) is 15.1. The zero-order valence-electron chi connectivity index (χ0n) is 12.9. The summed E-state index contributed by atoms with van der Waals surface area (Å²) in [4.78, 5) is 31.6. The number of halogens is 1. The van der Waals surface area contributed by atoms with Gasteiger partial charge < -0.3 is 0 Å². The molecule has 2 aromatic carbocycles. The smallest absolute Gasteiger partial charge is 0.265 e. The van der Waals surface area contributed by atoms with Crippen LogP contribution in [0.5, 0.6) is 0 Å². The predicted octanol–water partition coefficient (Wildman–Crippen LogP) is 3.84. The number of aliphatic imine (C=N–C) groups is 1. The predicted molar refractivity (Wildman–Crippen MR) is 94.0 cm³/mol. The number of rotatable bonds is 3. The minimum absolute atomic E-state index is 0.309. The highest BCUT2D eigenvalue weighted by Gasteiger charge is 2.39. The van der Waals surface area contributed by atoms with Crippen LogP contribution in [0.4, 0.5) is 5.69 Å². The van der Waals surface area contributed by atoms with Gasteiger partial charge in [-0.15, -0.1) is 0 Å². The highest BCUT2D eigenvalue weighted by Crippen LogP contribution is 2.35. The molecule has 1 heterocycles. The molecule has 0 radical (unpaired) electrons. The van der Waals surface area contributed by atoms with Gasteiger partial charge in [0, 0.05) is 17.8 Å². The number of anilines is 1. The van der Waals surface area contributed by atoms with Gasteiger partial charge in [-0.2, -0.15) is 0 Å². The van der Waals surface area contributed by atoms with Gasteiger partial charge in [0.15, 0.2) is 0 Å². The average Bonchev–Trinajstić information content (AvgIpc) is 3.41. The minimum atomic E-state index is -0.559. The van der Waals surface area contributed by atoms with Crippen molar-refractivity contribution in [2.75, 3.05) is 4.90 Å². The van der Waals surface area contributed by atoms with E-state index in [1.54, 1.807) is 42.6 Å². The molecular weight excluding hydrogens is 324 g/mol. The lowest BCUT2D eigenvalue weighted by Gasteiger charge is -2.31. The molecular formula is C19H15ClN2O2. The van der Waals surface area contributed by atoms with Crippen LogP contribution < -0.4 is 4.90 Å². The van der Waals surface area contributed by atoms with Crippen molar-refractivity contribution in [3.63, 3.8) is 0 Å². The summed E-state index contributed by atoms with van der Waals surface area (Å²) in [6.07, 6.45) is 3.81. The Morgan fingerprint density at radius 2 is 1.75 bits per heavy atom. The van der Waals surface area contributed by atoms with Gasteiger partial charge in [-0.3, -0.25) is 14.6 Å². The Morgan fingerprint density at radius 3 is 2.50 bits per heavy atom. The normalized spacial score (nSPS) is 20.5. The van der Waals surface area contributed by atoms with Crippen LogP contribution in [-0.2, 0) is 4.79 Å². The third-order valence-electron chi connectivity index (χ3n) is 4.30. The molecule has 4 rings (SSSR count). The Bertz CT molecular complexity index is 858. The molecule has 1 atom stereocenters. The van der Waals surface area contributed by atoms with E-state index in [1.807, 2.05) is 12.1 Å². The summed E-state index contributed by atoms with van der Waals surface area (Å²) in [5, 5.41) is 0.372. The maximum absolute atomic E-state index is 13.0. The van der Waals surface area contributed by atoms with Crippen LogP contribution in [0.25, 0.3) is 0 Å². The molecule has 4 nitrogen and oxygen atoms in total. The second kappa shape index (κ2) is 5.87. The number of nitrogens with zero attached hydrogens (tertiary/aromatic N) is 2. The molecule has 5 heteroatoms. The van der Waals surface area contributed by atoms with E-state index >= 15 is 0 Å². The number of carbonyl (C=O) groups excluding carboxylic acids is 2. The molecule has 2 amide bonds. The van der Waals surface area contributed by atoms with Gasteiger partial charge in [0.25, 0.3) is 5.91 Å². The highest BCUT2D eigenvalue weighted by atomic mass is 35.5. The Hall–Kier alpha value is -2.46.